The molecule has 0 saturated carbocycles. The van der Waals surface area contributed by atoms with E-state index in [2.05, 4.69) is 20.5 Å². The Labute approximate surface area is 176 Å². The molecule has 1 aromatic heterocycles. The Kier molecular flexibility index (Phi) is 5.33. The Morgan fingerprint density at radius 2 is 1.93 bits per heavy atom. The van der Waals surface area contributed by atoms with Crippen molar-refractivity contribution in [1.82, 2.24) is 19.4 Å². The molecule has 1 amide bonds. The molecule has 3 N–H and O–H groups in total. The fourth-order valence-electron chi connectivity index (χ4n) is 4.29. The molecule has 2 aliphatic rings. The number of benzene rings is 1. The molecule has 0 radical (unpaired) electrons. The molecule has 9 nitrogen and oxygen atoms in total. The van der Waals surface area contributed by atoms with Crippen LogP contribution in [-0.4, -0.2) is 54.3 Å². The monoisotopic (exact) mass is 432 g/mol. The van der Waals surface area contributed by atoms with E-state index in [-0.39, 0.29) is 17.3 Å². The summed E-state index contributed by atoms with van der Waals surface area (Å²) in [5, 5.41) is 10.8. The van der Waals surface area contributed by atoms with E-state index in [1.807, 2.05) is 36.4 Å². The van der Waals surface area contributed by atoms with Gasteiger partial charge in [0.15, 0.2) is 0 Å². The van der Waals surface area contributed by atoms with Crippen LogP contribution >= 0.6 is 0 Å². The molecule has 0 bridgehead atoms. The van der Waals surface area contributed by atoms with Crippen molar-refractivity contribution >= 4 is 27.3 Å². The Morgan fingerprint density at radius 3 is 2.60 bits per heavy atom. The number of para-hydroxylation sites is 1. The minimum atomic E-state index is -3.56. The van der Waals surface area contributed by atoms with Crippen molar-refractivity contribution in [2.75, 3.05) is 30.3 Å². The maximum atomic E-state index is 12.7. The van der Waals surface area contributed by atoms with Crippen LogP contribution in [0.15, 0.2) is 29.2 Å². The Balaban J connectivity index is 1.39. The summed E-state index contributed by atoms with van der Waals surface area (Å²) in [6, 6.07) is 6.93. The molecule has 30 heavy (non-hydrogen) atoms. The van der Waals surface area contributed by atoms with Crippen LogP contribution < -0.4 is 15.4 Å². The van der Waals surface area contributed by atoms with Gasteiger partial charge in [0.25, 0.3) is 0 Å². The van der Waals surface area contributed by atoms with E-state index in [1.54, 1.807) is 18.2 Å². The molecular formula is C20H28N6O3S. The summed E-state index contributed by atoms with van der Waals surface area (Å²) in [7, 11) is -3.56. The minimum absolute atomic E-state index is 0.0877. The number of aryl methyl sites for hydroxylation is 2. The zero-order valence-corrected chi connectivity index (χ0v) is 18.3. The van der Waals surface area contributed by atoms with Crippen LogP contribution in [0, 0.1) is 13.8 Å². The lowest BCUT2D eigenvalue weighted by atomic mass is 9.97. The van der Waals surface area contributed by atoms with E-state index < -0.39 is 15.7 Å². The third-order valence-corrected chi connectivity index (χ3v) is 7.50. The van der Waals surface area contributed by atoms with Crippen molar-refractivity contribution in [2.24, 2.45) is 0 Å². The van der Waals surface area contributed by atoms with E-state index in [9.17, 15) is 13.2 Å². The summed E-state index contributed by atoms with van der Waals surface area (Å²) in [4.78, 5) is 14.9. The predicted molar refractivity (Wildman–Crippen MR) is 115 cm³/mol. The highest BCUT2D eigenvalue weighted by Crippen LogP contribution is 2.34. The fourth-order valence-corrected chi connectivity index (χ4v) is 5.83. The number of carbonyl (C=O) groups excluding carboxylic acids is 1. The second-order valence-corrected chi connectivity index (χ2v) is 9.65. The smallest absolute Gasteiger partial charge is 0.244 e. The second kappa shape index (κ2) is 7.68. The average Bonchev–Trinajstić information content (AvgIpc) is 2.97. The van der Waals surface area contributed by atoms with Crippen LogP contribution in [0.25, 0.3) is 0 Å². The van der Waals surface area contributed by atoms with Crippen LogP contribution in [0.4, 0.5) is 11.4 Å². The standard InChI is InChI=1S/C20H28N6O3S/c1-4-26-15(3)19(14(2)23-26)21-18(27)13-25-11-9-20(10-12-25)22-16-7-5-6-8-17(16)30(28,29)24-20/h5-8,22,24H,4,9-13H2,1-3H3,(H,21,27). The maximum Gasteiger partial charge on any atom is 0.244 e. The van der Waals surface area contributed by atoms with Gasteiger partial charge in [-0.25, -0.2) is 8.42 Å². The number of anilines is 2. The Hall–Kier alpha value is -2.43. The van der Waals surface area contributed by atoms with Crippen molar-refractivity contribution < 1.29 is 13.2 Å². The molecule has 1 fully saturated rings. The average molecular weight is 433 g/mol. The second-order valence-electron chi connectivity index (χ2n) is 7.99. The van der Waals surface area contributed by atoms with E-state index in [1.165, 1.54) is 0 Å². The number of hydrogen-bond acceptors (Lipinski definition) is 6. The van der Waals surface area contributed by atoms with Gasteiger partial charge in [0, 0.05) is 19.6 Å². The van der Waals surface area contributed by atoms with Gasteiger partial charge in [-0.05, 0) is 45.7 Å². The quantitative estimate of drug-likeness (QED) is 0.678. The number of hydrogen-bond donors (Lipinski definition) is 3. The lowest BCUT2D eigenvalue weighted by molar-refractivity contribution is -0.117. The number of piperidine rings is 1. The van der Waals surface area contributed by atoms with Crippen molar-refractivity contribution in [1.29, 1.82) is 0 Å². The van der Waals surface area contributed by atoms with Crippen LogP contribution in [-0.2, 0) is 21.4 Å². The number of fused-ring (bicyclic) bond motifs is 1. The van der Waals surface area contributed by atoms with Crippen molar-refractivity contribution in [3.8, 4) is 0 Å². The molecule has 1 saturated heterocycles. The number of nitrogens with zero attached hydrogens (tertiary/aromatic N) is 3. The first-order chi connectivity index (χ1) is 14.2. The van der Waals surface area contributed by atoms with E-state index in [0.29, 0.717) is 31.6 Å². The van der Waals surface area contributed by atoms with Gasteiger partial charge in [-0.3, -0.25) is 14.4 Å². The third-order valence-electron chi connectivity index (χ3n) is 5.90. The van der Waals surface area contributed by atoms with Gasteiger partial charge in [0.2, 0.25) is 15.9 Å². The third kappa shape index (κ3) is 3.82. The lowest BCUT2D eigenvalue weighted by Gasteiger charge is -2.45. The van der Waals surface area contributed by atoms with Gasteiger partial charge in [-0.1, -0.05) is 12.1 Å². The van der Waals surface area contributed by atoms with E-state index >= 15 is 0 Å². The first kappa shape index (κ1) is 20.8. The van der Waals surface area contributed by atoms with Gasteiger partial charge < -0.3 is 10.6 Å². The highest BCUT2D eigenvalue weighted by Gasteiger charge is 2.43. The van der Waals surface area contributed by atoms with Crippen molar-refractivity contribution in [3.05, 3.63) is 35.7 Å². The fraction of sp³-hybridized carbons (Fsp3) is 0.500. The molecule has 0 aliphatic carbocycles. The zero-order chi connectivity index (χ0) is 21.5. The van der Waals surface area contributed by atoms with Crippen molar-refractivity contribution in [3.63, 3.8) is 0 Å². The molecule has 0 unspecified atom stereocenters. The molecule has 162 valence electrons. The van der Waals surface area contributed by atoms with Gasteiger partial charge >= 0.3 is 0 Å². The number of nitrogens with one attached hydrogen (secondary N) is 3. The van der Waals surface area contributed by atoms with Gasteiger partial charge in [0.05, 0.1) is 29.3 Å². The number of sulfonamides is 1. The number of amides is 1. The molecule has 2 aliphatic heterocycles. The molecule has 1 spiro atoms. The topological polar surface area (TPSA) is 108 Å². The summed E-state index contributed by atoms with van der Waals surface area (Å²) in [6.45, 7) is 8.08. The van der Waals surface area contributed by atoms with Gasteiger partial charge in [0.1, 0.15) is 10.6 Å². The molecule has 2 aromatic rings. The highest BCUT2D eigenvalue weighted by atomic mass is 32.2. The molecule has 4 rings (SSSR count). The SMILES string of the molecule is CCn1nc(C)c(NC(=O)CN2CCC3(CC2)Nc2ccccc2S(=O)(=O)N3)c1C. The minimum Gasteiger partial charge on any atom is -0.365 e. The van der Waals surface area contributed by atoms with E-state index in [4.69, 9.17) is 0 Å². The van der Waals surface area contributed by atoms with Crippen LogP contribution in [0.1, 0.15) is 31.2 Å². The van der Waals surface area contributed by atoms with Gasteiger partial charge in [-0.15, -0.1) is 0 Å². The summed E-state index contributed by atoms with van der Waals surface area (Å²) in [5.74, 6) is -0.0877. The predicted octanol–water partition coefficient (Wildman–Crippen LogP) is 1.65. The molecule has 0 atom stereocenters. The summed E-state index contributed by atoms with van der Waals surface area (Å²) >= 11 is 0. The number of likely N-dealkylation sites (tertiary alicyclic amines) is 1. The van der Waals surface area contributed by atoms with Crippen LogP contribution in [0.2, 0.25) is 0 Å². The molecule has 3 heterocycles. The molecular weight excluding hydrogens is 404 g/mol. The van der Waals surface area contributed by atoms with Crippen LogP contribution in [0.5, 0.6) is 0 Å². The zero-order valence-electron chi connectivity index (χ0n) is 17.5. The normalized spacial score (nSPS) is 19.8. The Morgan fingerprint density at radius 1 is 1.23 bits per heavy atom. The summed E-state index contributed by atoms with van der Waals surface area (Å²) in [6.07, 6.45) is 1.14. The van der Waals surface area contributed by atoms with Crippen molar-refractivity contribution in [2.45, 2.75) is 50.7 Å². The largest absolute Gasteiger partial charge is 0.365 e. The highest BCUT2D eigenvalue weighted by molar-refractivity contribution is 7.89. The lowest BCUT2D eigenvalue weighted by Crippen LogP contribution is -2.62. The van der Waals surface area contributed by atoms with Crippen LogP contribution in [0.3, 0.4) is 0 Å². The maximum absolute atomic E-state index is 12.7. The molecule has 10 heteroatoms. The summed E-state index contributed by atoms with van der Waals surface area (Å²) in [5.41, 5.74) is 2.44. The first-order valence-corrected chi connectivity index (χ1v) is 11.7. The first-order valence-electron chi connectivity index (χ1n) is 10.2. The Bertz CT molecular complexity index is 1070. The van der Waals surface area contributed by atoms with Gasteiger partial charge in [-0.2, -0.15) is 9.82 Å². The number of aromatic nitrogens is 2. The van der Waals surface area contributed by atoms with E-state index in [0.717, 1.165) is 23.6 Å². The summed E-state index contributed by atoms with van der Waals surface area (Å²) < 4.78 is 30.0. The molecule has 1 aromatic carbocycles. The number of rotatable bonds is 4. The number of carbonyl (C=O) groups is 1.